The van der Waals surface area contributed by atoms with Crippen molar-refractivity contribution in [3.8, 4) is 5.75 Å². The lowest BCUT2D eigenvalue weighted by atomic mass is 10.0. The fraction of sp³-hybridized carbons (Fsp3) is 0.500. The van der Waals surface area contributed by atoms with Crippen LogP contribution in [0.5, 0.6) is 5.75 Å². The Labute approximate surface area is 103 Å². The topological polar surface area (TPSA) is 38.3 Å². The molecule has 0 aliphatic carbocycles. The van der Waals surface area contributed by atoms with Gasteiger partial charge in [-0.3, -0.25) is 4.79 Å². The maximum absolute atomic E-state index is 11.9. The molecule has 0 spiro atoms. The van der Waals surface area contributed by atoms with Crippen LogP contribution in [0.25, 0.3) is 0 Å². The van der Waals surface area contributed by atoms with Crippen molar-refractivity contribution in [2.75, 3.05) is 20.7 Å². The summed E-state index contributed by atoms with van der Waals surface area (Å²) in [5.74, 6) is 1.07. The van der Waals surface area contributed by atoms with E-state index >= 15 is 0 Å². The van der Waals surface area contributed by atoms with Gasteiger partial charge in [0.15, 0.2) is 5.78 Å². The molecule has 0 unspecified atom stereocenters. The molecule has 0 fully saturated rings. The van der Waals surface area contributed by atoms with Gasteiger partial charge in [-0.05, 0) is 50.2 Å². The number of benzene rings is 1. The molecule has 1 rings (SSSR count). The predicted octanol–water partition coefficient (Wildman–Crippen LogP) is 2.44. The number of rotatable bonds is 7. The number of aryl methyl sites for hydroxylation is 1. The summed E-state index contributed by atoms with van der Waals surface area (Å²) in [5, 5.41) is 3.04. The molecule has 17 heavy (non-hydrogen) atoms. The van der Waals surface area contributed by atoms with Gasteiger partial charge in [0.25, 0.3) is 0 Å². The van der Waals surface area contributed by atoms with Crippen LogP contribution in [0.2, 0.25) is 0 Å². The van der Waals surface area contributed by atoms with Gasteiger partial charge in [-0.15, -0.1) is 0 Å². The molecule has 0 saturated carbocycles. The third kappa shape index (κ3) is 3.86. The molecule has 3 nitrogen and oxygen atoms in total. The number of carbonyl (C=O) groups is 1. The van der Waals surface area contributed by atoms with Crippen LogP contribution in [-0.4, -0.2) is 26.5 Å². The van der Waals surface area contributed by atoms with E-state index in [2.05, 4.69) is 12.2 Å². The Bertz CT molecular complexity index is 374. The van der Waals surface area contributed by atoms with Crippen molar-refractivity contribution in [2.45, 2.75) is 26.2 Å². The van der Waals surface area contributed by atoms with E-state index in [4.69, 9.17) is 4.74 Å². The first kappa shape index (κ1) is 13.7. The van der Waals surface area contributed by atoms with Crippen molar-refractivity contribution in [3.63, 3.8) is 0 Å². The molecule has 0 bridgehead atoms. The number of ketones is 1. The van der Waals surface area contributed by atoms with Gasteiger partial charge in [-0.1, -0.05) is 6.92 Å². The van der Waals surface area contributed by atoms with Gasteiger partial charge in [-0.25, -0.2) is 0 Å². The van der Waals surface area contributed by atoms with E-state index in [-0.39, 0.29) is 5.78 Å². The lowest BCUT2D eigenvalue weighted by molar-refractivity contribution is 0.0980. The number of hydrogen-bond acceptors (Lipinski definition) is 3. The summed E-state index contributed by atoms with van der Waals surface area (Å²) < 4.78 is 5.25. The second-order valence-corrected chi connectivity index (χ2v) is 4.01. The first-order chi connectivity index (χ1) is 8.22. The lowest BCUT2D eigenvalue weighted by Gasteiger charge is -2.08. The summed E-state index contributed by atoms with van der Waals surface area (Å²) in [6, 6.07) is 5.67. The van der Waals surface area contributed by atoms with E-state index < -0.39 is 0 Å². The van der Waals surface area contributed by atoms with Crippen LogP contribution < -0.4 is 10.1 Å². The van der Waals surface area contributed by atoms with Crippen LogP contribution in [0.15, 0.2) is 18.2 Å². The van der Waals surface area contributed by atoms with E-state index in [1.54, 1.807) is 7.11 Å². The largest absolute Gasteiger partial charge is 0.496 e. The van der Waals surface area contributed by atoms with E-state index in [9.17, 15) is 4.79 Å². The van der Waals surface area contributed by atoms with Crippen molar-refractivity contribution >= 4 is 5.78 Å². The molecular formula is C14H21NO2. The predicted molar refractivity (Wildman–Crippen MR) is 69.9 cm³/mol. The summed E-state index contributed by atoms with van der Waals surface area (Å²) in [4.78, 5) is 11.9. The third-order valence-electron chi connectivity index (χ3n) is 2.81. The Morgan fingerprint density at radius 3 is 2.76 bits per heavy atom. The minimum atomic E-state index is 0.206. The Morgan fingerprint density at radius 1 is 1.41 bits per heavy atom. The van der Waals surface area contributed by atoms with Crippen molar-refractivity contribution in [1.29, 1.82) is 0 Å². The number of carbonyl (C=O) groups excluding carboxylic acids is 1. The molecular weight excluding hydrogens is 214 g/mol. The zero-order valence-electron chi connectivity index (χ0n) is 10.9. The van der Waals surface area contributed by atoms with Gasteiger partial charge >= 0.3 is 0 Å². The second kappa shape index (κ2) is 7.07. The highest BCUT2D eigenvalue weighted by molar-refractivity contribution is 5.96. The molecule has 1 N–H and O–H groups in total. The van der Waals surface area contributed by atoms with Crippen molar-refractivity contribution in [2.24, 2.45) is 0 Å². The van der Waals surface area contributed by atoms with Gasteiger partial charge in [-0.2, -0.15) is 0 Å². The Balaban J connectivity index is 2.74. The molecule has 0 radical (unpaired) electrons. The molecule has 0 aliphatic heterocycles. The fourth-order valence-electron chi connectivity index (χ4n) is 1.80. The van der Waals surface area contributed by atoms with Gasteiger partial charge in [0, 0.05) is 12.0 Å². The first-order valence-electron chi connectivity index (χ1n) is 6.07. The maximum Gasteiger partial charge on any atom is 0.162 e. The minimum Gasteiger partial charge on any atom is -0.496 e. The third-order valence-corrected chi connectivity index (χ3v) is 2.81. The van der Waals surface area contributed by atoms with Crippen LogP contribution >= 0.6 is 0 Å². The van der Waals surface area contributed by atoms with Gasteiger partial charge < -0.3 is 10.1 Å². The molecule has 0 atom stereocenters. The lowest BCUT2D eigenvalue weighted by Crippen LogP contribution is -2.10. The SMILES string of the molecule is CCc1cc(C(=O)CCCNC)ccc1OC. The van der Waals surface area contributed by atoms with Crippen LogP contribution in [-0.2, 0) is 6.42 Å². The number of ether oxygens (including phenoxy) is 1. The molecule has 0 heterocycles. The highest BCUT2D eigenvalue weighted by atomic mass is 16.5. The Morgan fingerprint density at radius 2 is 2.18 bits per heavy atom. The van der Waals surface area contributed by atoms with E-state index in [0.717, 1.165) is 36.3 Å². The minimum absolute atomic E-state index is 0.206. The van der Waals surface area contributed by atoms with Crippen molar-refractivity contribution in [1.82, 2.24) is 5.32 Å². The van der Waals surface area contributed by atoms with Gasteiger partial charge in [0.05, 0.1) is 7.11 Å². The number of methoxy groups -OCH3 is 1. The monoisotopic (exact) mass is 235 g/mol. The quantitative estimate of drug-likeness (QED) is 0.582. The number of hydrogen-bond donors (Lipinski definition) is 1. The molecule has 0 aliphatic rings. The first-order valence-corrected chi connectivity index (χ1v) is 6.07. The number of Topliss-reactive ketones (excluding diaryl/α,β-unsaturated/α-hetero) is 1. The van der Waals surface area contributed by atoms with E-state index in [1.807, 2.05) is 25.2 Å². The molecule has 0 aromatic heterocycles. The Hall–Kier alpha value is -1.35. The smallest absolute Gasteiger partial charge is 0.162 e. The van der Waals surface area contributed by atoms with E-state index in [1.165, 1.54) is 0 Å². The number of nitrogens with one attached hydrogen (secondary N) is 1. The molecule has 3 heteroatoms. The molecule has 0 saturated heterocycles. The average molecular weight is 235 g/mol. The molecule has 1 aromatic rings. The molecule has 0 amide bonds. The summed E-state index contributed by atoms with van der Waals surface area (Å²) >= 11 is 0. The van der Waals surface area contributed by atoms with Crippen LogP contribution in [0.3, 0.4) is 0 Å². The standard InChI is InChI=1S/C14H21NO2/c1-4-11-10-12(7-8-14(11)17-3)13(16)6-5-9-15-2/h7-8,10,15H,4-6,9H2,1-3H3. The molecule has 1 aromatic carbocycles. The summed E-state index contributed by atoms with van der Waals surface area (Å²) in [6.45, 7) is 2.94. The second-order valence-electron chi connectivity index (χ2n) is 4.01. The zero-order valence-corrected chi connectivity index (χ0v) is 10.9. The average Bonchev–Trinajstić information content (AvgIpc) is 2.38. The van der Waals surface area contributed by atoms with E-state index in [0.29, 0.717) is 6.42 Å². The Kier molecular flexibility index (Phi) is 5.70. The van der Waals surface area contributed by atoms with Crippen LogP contribution in [0.4, 0.5) is 0 Å². The molecule has 94 valence electrons. The summed E-state index contributed by atoms with van der Waals surface area (Å²) in [5.41, 5.74) is 1.88. The van der Waals surface area contributed by atoms with Crippen molar-refractivity contribution in [3.05, 3.63) is 29.3 Å². The normalized spacial score (nSPS) is 10.3. The van der Waals surface area contributed by atoms with Gasteiger partial charge in [0.2, 0.25) is 0 Å². The highest BCUT2D eigenvalue weighted by Gasteiger charge is 2.08. The van der Waals surface area contributed by atoms with Gasteiger partial charge in [0.1, 0.15) is 5.75 Å². The summed E-state index contributed by atoms with van der Waals surface area (Å²) in [6.07, 6.45) is 2.35. The summed E-state index contributed by atoms with van der Waals surface area (Å²) in [7, 11) is 3.55. The van der Waals surface area contributed by atoms with Crippen LogP contribution in [0.1, 0.15) is 35.7 Å². The highest BCUT2D eigenvalue weighted by Crippen LogP contribution is 2.21. The van der Waals surface area contributed by atoms with Crippen LogP contribution in [0, 0.1) is 0 Å². The maximum atomic E-state index is 11.9. The fourth-order valence-corrected chi connectivity index (χ4v) is 1.80. The van der Waals surface area contributed by atoms with Crippen molar-refractivity contribution < 1.29 is 9.53 Å². The zero-order chi connectivity index (χ0) is 12.7.